The number of rotatable bonds is 5. The molecule has 0 unspecified atom stereocenters. The van der Waals surface area contributed by atoms with Gasteiger partial charge in [0.25, 0.3) is 5.56 Å². The number of halogens is 1. The van der Waals surface area contributed by atoms with Crippen LogP contribution in [0.1, 0.15) is 0 Å². The van der Waals surface area contributed by atoms with E-state index in [1.165, 1.54) is 41.7 Å². The summed E-state index contributed by atoms with van der Waals surface area (Å²) in [5.74, 6) is -0.336. The number of nitrogens with one attached hydrogen (secondary N) is 1. The third-order valence-corrected chi connectivity index (χ3v) is 4.01. The lowest BCUT2D eigenvalue weighted by Crippen LogP contribution is -2.38. The van der Waals surface area contributed by atoms with Crippen LogP contribution in [0.4, 0.5) is 10.1 Å². The van der Waals surface area contributed by atoms with E-state index in [0.29, 0.717) is 5.69 Å². The fourth-order valence-corrected chi connectivity index (χ4v) is 2.63. The van der Waals surface area contributed by atoms with Gasteiger partial charge >= 0.3 is 5.69 Å². The zero-order chi connectivity index (χ0) is 18.1. The molecule has 0 radical (unpaired) electrons. The van der Waals surface area contributed by atoms with Crippen molar-refractivity contribution in [3.63, 3.8) is 0 Å². The van der Waals surface area contributed by atoms with Crippen LogP contribution in [-0.4, -0.2) is 36.4 Å². The molecule has 0 aliphatic carbocycles. The normalized spacial score (nSPS) is 12.5. The zero-order valence-electron chi connectivity index (χ0n) is 13.8. The molecule has 25 heavy (non-hydrogen) atoms. The second-order valence-electron chi connectivity index (χ2n) is 5.82. The predicted octanol–water partition coefficient (Wildman–Crippen LogP) is 0.0458. The zero-order valence-corrected chi connectivity index (χ0v) is 13.8. The summed E-state index contributed by atoms with van der Waals surface area (Å²) in [6.45, 7) is 0.329. The highest BCUT2D eigenvalue weighted by Crippen LogP contribution is 2.10. The van der Waals surface area contributed by atoms with Crippen LogP contribution in [0.5, 0.6) is 0 Å². The average Bonchev–Trinajstić information content (AvgIpc) is 3.01. The number of aliphatic hydroxyl groups excluding tert-OH is 1. The topological polar surface area (TPSA) is 94.1 Å². The van der Waals surface area contributed by atoms with Gasteiger partial charge < -0.3 is 15.0 Å². The molecular formula is C16H18FN5O3. The number of imidazole rings is 1. The van der Waals surface area contributed by atoms with E-state index in [-0.39, 0.29) is 30.1 Å². The second-order valence-corrected chi connectivity index (χ2v) is 5.82. The molecule has 0 spiro atoms. The van der Waals surface area contributed by atoms with E-state index in [1.807, 2.05) is 0 Å². The molecule has 9 heteroatoms. The average molecular weight is 347 g/mol. The Balaban J connectivity index is 1.80. The van der Waals surface area contributed by atoms with Crippen molar-refractivity contribution >= 4 is 16.9 Å². The summed E-state index contributed by atoms with van der Waals surface area (Å²) in [5.41, 5.74) is 0.280. The van der Waals surface area contributed by atoms with Gasteiger partial charge in [-0.25, -0.2) is 14.2 Å². The summed E-state index contributed by atoms with van der Waals surface area (Å²) in [6.07, 6.45) is 0.608. The van der Waals surface area contributed by atoms with E-state index in [1.54, 1.807) is 12.1 Å². The summed E-state index contributed by atoms with van der Waals surface area (Å²) in [5, 5.41) is 13.2. The number of nitrogens with zero attached hydrogens (tertiary/aromatic N) is 4. The van der Waals surface area contributed by atoms with Crippen molar-refractivity contribution in [2.24, 2.45) is 14.1 Å². The predicted molar refractivity (Wildman–Crippen MR) is 91.1 cm³/mol. The van der Waals surface area contributed by atoms with E-state index in [9.17, 15) is 19.1 Å². The number of aryl methyl sites for hydroxylation is 1. The number of hydrogen-bond donors (Lipinski definition) is 2. The van der Waals surface area contributed by atoms with Crippen LogP contribution < -0.4 is 16.6 Å². The minimum Gasteiger partial charge on any atom is -0.389 e. The van der Waals surface area contributed by atoms with Gasteiger partial charge in [-0.3, -0.25) is 13.9 Å². The Labute approximate surface area is 141 Å². The quantitative estimate of drug-likeness (QED) is 0.680. The Morgan fingerprint density at radius 3 is 2.56 bits per heavy atom. The van der Waals surface area contributed by atoms with Crippen LogP contribution in [0.25, 0.3) is 11.2 Å². The van der Waals surface area contributed by atoms with Crippen LogP contribution in [0.2, 0.25) is 0 Å². The number of aromatic nitrogens is 4. The second kappa shape index (κ2) is 6.52. The molecule has 2 N–H and O–H groups in total. The monoisotopic (exact) mass is 347 g/mol. The molecule has 0 aliphatic heterocycles. The van der Waals surface area contributed by atoms with Crippen LogP contribution in [-0.2, 0) is 20.6 Å². The summed E-state index contributed by atoms with van der Waals surface area (Å²) in [7, 11) is 2.93. The Bertz CT molecular complexity index is 1020. The van der Waals surface area contributed by atoms with E-state index in [4.69, 9.17) is 0 Å². The summed E-state index contributed by atoms with van der Waals surface area (Å²) >= 11 is 0. The highest BCUT2D eigenvalue weighted by molar-refractivity contribution is 5.69. The van der Waals surface area contributed by atoms with Crippen LogP contribution in [0.15, 0.2) is 40.2 Å². The molecular weight excluding hydrogens is 329 g/mol. The molecule has 2 aromatic heterocycles. The van der Waals surface area contributed by atoms with Gasteiger partial charge in [-0.1, -0.05) is 0 Å². The van der Waals surface area contributed by atoms with Crippen molar-refractivity contribution in [1.82, 2.24) is 18.7 Å². The van der Waals surface area contributed by atoms with Crippen LogP contribution >= 0.6 is 0 Å². The smallest absolute Gasteiger partial charge is 0.332 e. The summed E-state index contributed by atoms with van der Waals surface area (Å²) in [6, 6.07) is 5.78. The third kappa shape index (κ3) is 3.18. The first-order chi connectivity index (χ1) is 11.9. The SMILES string of the molecule is Cn1c(=O)c2c(ncn2C[C@H](O)CNc2ccc(F)cc2)n(C)c1=O. The number of aliphatic hydroxyl groups is 1. The fourth-order valence-electron chi connectivity index (χ4n) is 2.63. The fraction of sp³-hybridized carbons (Fsp3) is 0.312. The lowest BCUT2D eigenvalue weighted by molar-refractivity contribution is 0.168. The molecule has 8 nitrogen and oxygen atoms in total. The highest BCUT2D eigenvalue weighted by Gasteiger charge is 2.16. The molecule has 0 bridgehead atoms. The molecule has 0 aliphatic rings. The maximum absolute atomic E-state index is 12.9. The molecule has 0 amide bonds. The Morgan fingerprint density at radius 2 is 1.88 bits per heavy atom. The Hall–Kier alpha value is -2.94. The molecule has 0 saturated carbocycles. The van der Waals surface area contributed by atoms with Crippen molar-refractivity contribution < 1.29 is 9.50 Å². The van der Waals surface area contributed by atoms with Gasteiger partial charge in [-0.15, -0.1) is 0 Å². The molecule has 3 rings (SSSR count). The minimum absolute atomic E-state index is 0.123. The molecule has 132 valence electrons. The summed E-state index contributed by atoms with van der Waals surface area (Å²) < 4.78 is 16.7. The van der Waals surface area contributed by atoms with E-state index >= 15 is 0 Å². The van der Waals surface area contributed by atoms with Crippen molar-refractivity contribution in [2.75, 3.05) is 11.9 Å². The summed E-state index contributed by atoms with van der Waals surface area (Å²) in [4.78, 5) is 28.3. The number of hydrogen-bond acceptors (Lipinski definition) is 5. The standard InChI is InChI=1S/C16H18FN5O3/c1-20-14-13(15(24)21(2)16(20)25)22(9-19-14)8-12(23)7-18-11-5-3-10(17)4-6-11/h3-6,9,12,18,23H,7-8H2,1-2H3/t12-/m1/s1. The molecule has 1 aromatic carbocycles. The third-order valence-electron chi connectivity index (χ3n) is 4.01. The van der Waals surface area contributed by atoms with Crippen molar-refractivity contribution in [3.8, 4) is 0 Å². The Kier molecular flexibility index (Phi) is 4.41. The maximum Gasteiger partial charge on any atom is 0.332 e. The van der Waals surface area contributed by atoms with E-state index in [0.717, 1.165) is 4.57 Å². The highest BCUT2D eigenvalue weighted by atomic mass is 19.1. The van der Waals surface area contributed by atoms with E-state index < -0.39 is 17.4 Å². The minimum atomic E-state index is -0.815. The first kappa shape index (κ1) is 16.9. The van der Waals surface area contributed by atoms with Gasteiger partial charge in [-0.05, 0) is 24.3 Å². The first-order valence-electron chi connectivity index (χ1n) is 7.67. The number of benzene rings is 1. The lowest BCUT2D eigenvalue weighted by atomic mass is 10.3. The van der Waals surface area contributed by atoms with Gasteiger partial charge in [-0.2, -0.15) is 0 Å². The van der Waals surface area contributed by atoms with Crippen LogP contribution in [0.3, 0.4) is 0 Å². The van der Waals surface area contributed by atoms with E-state index in [2.05, 4.69) is 10.3 Å². The first-order valence-corrected chi connectivity index (χ1v) is 7.67. The van der Waals surface area contributed by atoms with Gasteiger partial charge in [0.15, 0.2) is 11.2 Å². The molecule has 0 fully saturated rings. The molecule has 0 saturated heterocycles. The number of fused-ring (bicyclic) bond motifs is 1. The maximum atomic E-state index is 12.9. The van der Waals surface area contributed by atoms with Crippen LogP contribution in [0, 0.1) is 5.82 Å². The Morgan fingerprint density at radius 1 is 1.20 bits per heavy atom. The number of anilines is 1. The van der Waals surface area contributed by atoms with Crippen molar-refractivity contribution in [1.29, 1.82) is 0 Å². The molecule has 3 aromatic rings. The van der Waals surface area contributed by atoms with Crippen molar-refractivity contribution in [3.05, 3.63) is 57.2 Å². The molecule has 1 atom stereocenters. The largest absolute Gasteiger partial charge is 0.389 e. The van der Waals surface area contributed by atoms with Gasteiger partial charge in [0, 0.05) is 26.3 Å². The van der Waals surface area contributed by atoms with Gasteiger partial charge in [0.05, 0.1) is 19.0 Å². The molecule has 2 heterocycles. The van der Waals surface area contributed by atoms with Crippen molar-refractivity contribution in [2.45, 2.75) is 12.6 Å². The van der Waals surface area contributed by atoms with Gasteiger partial charge in [0.2, 0.25) is 0 Å². The van der Waals surface area contributed by atoms with Gasteiger partial charge in [0.1, 0.15) is 5.82 Å². The lowest BCUT2D eigenvalue weighted by Gasteiger charge is -2.14.